The summed E-state index contributed by atoms with van der Waals surface area (Å²) in [7, 11) is 1.30. The molecule has 1 unspecified atom stereocenters. The highest BCUT2D eigenvalue weighted by atomic mass is 35.5. The predicted octanol–water partition coefficient (Wildman–Crippen LogP) is 2.74. The first-order chi connectivity index (χ1) is 13.8. The van der Waals surface area contributed by atoms with Crippen LogP contribution in [0, 0.1) is 15.9 Å². The zero-order valence-electron chi connectivity index (χ0n) is 15.7. The number of nitro benzene ring substituents is 1. The Labute approximate surface area is 171 Å². The van der Waals surface area contributed by atoms with E-state index in [2.05, 4.69) is 0 Å². The van der Waals surface area contributed by atoms with Gasteiger partial charge in [0, 0.05) is 37.3 Å². The van der Waals surface area contributed by atoms with Gasteiger partial charge in [0.1, 0.15) is 11.7 Å². The van der Waals surface area contributed by atoms with Crippen LogP contribution in [0.15, 0.2) is 36.4 Å². The maximum absolute atomic E-state index is 13.9. The van der Waals surface area contributed by atoms with Crippen LogP contribution in [-0.4, -0.2) is 49.0 Å². The average molecular weight is 423 g/mol. The summed E-state index contributed by atoms with van der Waals surface area (Å²) in [6, 6.07) is 8.44. The highest BCUT2D eigenvalue weighted by Crippen LogP contribution is 2.35. The number of hydrogen-bond acceptors (Lipinski definition) is 6. The molecular weight excluding hydrogens is 403 g/mol. The van der Waals surface area contributed by atoms with E-state index in [0.29, 0.717) is 31.2 Å². The van der Waals surface area contributed by atoms with E-state index in [-0.39, 0.29) is 17.1 Å². The number of amides is 1. The van der Waals surface area contributed by atoms with Gasteiger partial charge in [-0.1, -0.05) is 23.7 Å². The number of piperazine rings is 1. The molecule has 0 aliphatic carbocycles. The molecule has 0 saturated carbocycles. The van der Waals surface area contributed by atoms with E-state index in [4.69, 9.17) is 22.1 Å². The maximum Gasteiger partial charge on any atom is 0.295 e. The molecule has 2 aromatic carbocycles. The fourth-order valence-corrected chi connectivity index (χ4v) is 3.64. The molecule has 1 fully saturated rings. The molecule has 1 atom stereocenters. The number of nitrogens with two attached hydrogens (primary N) is 1. The van der Waals surface area contributed by atoms with Crippen LogP contribution in [-0.2, 0) is 4.79 Å². The summed E-state index contributed by atoms with van der Waals surface area (Å²) in [4.78, 5) is 26.5. The number of carbonyl (C=O) groups is 1. The first kappa shape index (κ1) is 20.8. The molecule has 0 bridgehead atoms. The van der Waals surface area contributed by atoms with E-state index in [1.165, 1.54) is 13.2 Å². The van der Waals surface area contributed by atoms with Crippen molar-refractivity contribution >= 4 is 28.9 Å². The van der Waals surface area contributed by atoms with Crippen LogP contribution >= 0.6 is 11.6 Å². The molecule has 0 radical (unpaired) electrons. The van der Waals surface area contributed by atoms with Crippen molar-refractivity contribution in [1.29, 1.82) is 0 Å². The number of benzene rings is 2. The second kappa shape index (κ2) is 8.62. The molecule has 3 rings (SSSR count). The summed E-state index contributed by atoms with van der Waals surface area (Å²) in [6.45, 7) is 1.67. The lowest BCUT2D eigenvalue weighted by molar-refractivity contribution is -0.384. The quantitative estimate of drug-likeness (QED) is 0.567. The molecule has 154 valence electrons. The molecule has 10 heteroatoms. The lowest BCUT2D eigenvalue weighted by Crippen LogP contribution is -2.50. The Morgan fingerprint density at radius 1 is 1.24 bits per heavy atom. The van der Waals surface area contributed by atoms with Gasteiger partial charge in [0.2, 0.25) is 5.91 Å². The van der Waals surface area contributed by atoms with Gasteiger partial charge in [-0.15, -0.1) is 0 Å². The number of anilines is 1. The molecule has 29 heavy (non-hydrogen) atoms. The van der Waals surface area contributed by atoms with E-state index in [1.807, 2.05) is 4.90 Å². The molecular formula is C19H20ClFN4O4. The number of methoxy groups -OCH3 is 1. The second-order valence-corrected chi connectivity index (χ2v) is 7.05. The average Bonchev–Trinajstić information content (AvgIpc) is 2.69. The Balaban J connectivity index is 1.82. The fourth-order valence-electron chi connectivity index (χ4n) is 3.51. The van der Waals surface area contributed by atoms with Crippen LogP contribution in [0.4, 0.5) is 15.8 Å². The number of nitro groups is 1. The van der Waals surface area contributed by atoms with Gasteiger partial charge >= 0.3 is 0 Å². The third-order valence-electron chi connectivity index (χ3n) is 4.92. The zero-order chi connectivity index (χ0) is 21.1. The zero-order valence-corrected chi connectivity index (χ0v) is 16.4. The Kier molecular flexibility index (Phi) is 6.19. The number of halogens is 2. The molecule has 1 aliphatic heterocycles. The van der Waals surface area contributed by atoms with Crippen molar-refractivity contribution in [2.24, 2.45) is 5.73 Å². The topological polar surface area (TPSA) is 102 Å². The van der Waals surface area contributed by atoms with Crippen molar-refractivity contribution in [1.82, 2.24) is 4.90 Å². The summed E-state index contributed by atoms with van der Waals surface area (Å²) < 4.78 is 18.9. The summed E-state index contributed by atoms with van der Waals surface area (Å²) in [6.07, 6.45) is 0. The molecule has 1 heterocycles. The van der Waals surface area contributed by atoms with Crippen LogP contribution in [0.1, 0.15) is 11.6 Å². The van der Waals surface area contributed by atoms with Gasteiger partial charge in [0.15, 0.2) is 11.6 Å². The van der Waals surface area contributed by atoms with E-state index in [0.717, 1.165) is 11.6 Å². The van der Waals surface area contributed by atoms with Gasteiger partial charge in [-0.3, -0.25) is 19.8 Å². The third-order valence-corrected chi connectivity index (χ3v) is 5.17. The number of hydrogen-bond donors (Lipinski definition) is 1. The smallest absolute Gasteiger partial charge is 0.295 e. The first-order valence-electron chi connectivity index (χ1n) is 8.87. The first-order valence-corrected chi connectivity index (χ1v) is 9.25. The number of ether oxygens (including phenoxy) is 1. The highest BCUT2D eigenvalue weighted by Gasteiger charge is 2.31. The standard InChI is InChI=1S/C19H20ClFN4O4/c1-29-17-11-15(16(25(27)28)10-14(17)21)23-6-8-24(9-7-23)18(19(22)26)12-2-4-13(20)5-3-12/h2-5,10-11,18H,6-9H2,1H3,(H2,22,26). The number of primary amides is 1. The van der Waals surface area contributed by atoms with Gasteiger partial charge in [-0.05, 0) is 17.7 Å². The second-order valence-electron chi connectivity index (χ2n) is 6.61. The SMILES string of the molecule is COc1cc(N2CCN(C(C(N)=O)c3ccc(Cl)cc3)CC2)c([N+](=O)[O-])cc1F. The number of carbonyl (C=O) groups excluding carboxylic acids is 1. The van der Waals surface area contributed by atoms with E-state index in [1.54, 1.807) is 29.2 Å². The Bertz CT molecular complexity index is 917. The van der Waals surface area contributed by atoms with Gasteiger partial charge in [0.05, 0.1) is 18.1 Å². The molecule has 1 aliphatic rings. The minimum Gasteiger partial charge on any atom is -0.494 e. The molecule has 2 N–H and O–H groups in total. The number of nitrogens with zero attached hydrogens (tertiary/aromatic N) is 3. The summed E-state index contributed by atoms with van der Waals surface area (Å²) in [5, 5.41) is 11.9. The normalized spacial score (nSPS) is 15.8. The summed E-state index contributed by atoms with van der Waals surface area (Å²) in [5.74, 6) is -1.35. The lowest BCUT2D eigenvalue weighted by atomic mass is 10.0. The van der Waals surface area contributed by atoms with Crippen molar-refractivity contribution in [2.75, 3.05) is 38.2 Å². The van der Waals surface area contributed by atoms with E-state index in [9.17, 15) is 19.3 Å². The van der Waals surface area contributed by atoms with Crippen LogP contribution in [0.25, 0.3) is 0 Å². The van der Waals surface area contributed by atoms with Gasteiger partial charge in [0.25, 0.3) is 5.69 Å². The number of rotatable bonds is 6. The molecule has 1 amide bonds. The minimum atomic E-state index is -0.793. The summed E-state index contributed by atoms with van der Waals surface area (Å²) >= 11 is 5.92. The van der Waals surface area contributed by atoms with Crippen LogP contribution < -0.4 is 15.4 Å². The van der Waals surface area contributed by atoms with E-state index >= 15 is 0 Å². The predicted molar refractivity (Wildman–Crippen MR) is 107 cm³/mol. The van der Waals surface area contributed by atoms with Gasteiger partial charge < -0.3 is 15.4 Å². The Morgan fingerprint density at radius 2 is 1.86 bits per heavy atom. The van der Waals surface area contributed by atoms with Crippen LogP contribution in [0.2, 0.25) is 5.02 Å². The van der Waals surface area contributed by atoms with Gasteiger partial charge in [-0.2, -0.15) is 0 Å². The Morgan fingerprint density at radius 3 is 2.38 bits per heavy atom. The molecule has 0 spiro atoms. The van der Waals surface area contributed by atoms with Gasteiger partial charge in [-0.25, -0.2) is 4.39 Å². The lowest BCUT2D eigenvalue weighted by Gasteiger charge is -2.39. The molecule has 8 nitrogen and oxygen atoms in total. The van der Waals surface area contributed by atoms with Crippen LogP contribution in [0.3, 0.4) is 0 Å². The third kappa shape index (κ3) is 4.41. The van der Waals surface area contributed by atoms with Crippen LogP contribution in [0.5, 0.6) is 5.75 Å². The molecule has 2 aromatic rings. The Hall–Kier alpha value is -2.91. The molecule has 0 aromatic heterocycles. The monoisotopic (exact) mass is 422 g/mol. The minimum absolute atomic E-state index is 0.0655. The maximum atomic E-state index is 13.9. The van der Waals surface area contributed by atoms with Crippen molar-refractivity contribution in [2.45, 2.75) is 6.04 Å². The molecule has 1 saturated heterocycles. The fraction of sp³-hybridized carbons (Fsp3) is 0.316. The van der Waals surface area contributed by atoms with Crippen molar-refractivity contribution in [3.63, 3.8) is 0 Å². The summed E-state index contributed by atoms with van der Waals surface area (Å²) in [5.41, 5.74) is 6.29. The largest absolute Gasteiger partial charge is 0.494 e. The highest BCUT2D eigenvalue weighted by molar-refractivity contribution is 6.30. The van der Waals surface area contributed by atoms with Crippen molar-refractivity contribution in [3.8, 4) is 5.75 Å². The van der Waals surface area contributed by atoms with Crippen molar-refractivity contribution in [3.05, 3.63) is 62.9 Å². The van der Waals surface area contributed by atoms with E-state index < -0.39 is 22.7 Å². The van der Waals surface area contributed by atoms with Crippen molar-refractivity contribution < 1.29 is 18.8 Å².